The highest BCUT2D eigenvalue weighted by molar-refractivity contribution is 5.70. The lowest BCUT2D eigenvalue weighted by molar-refractivity contribution is 0.101. The zero-order chi connectivity index (χ0) is 14.4. The molecule has 2 heterocycles. The molecule has 0 bridgehead atoms. The van der Waals surface area contributed by atoms with Crippen molar-refractivity contribution in [3.05, 3.63) is 28.8 Å². The highest BCUT2D eigenvalue weighted by atomic mass is 16.3. The molecule has 3 atom stereocenters. The Labute approximate surface area is 113 Å². The summed E-state index contributed by atoms with van der Waals surface area (Å²) in [6, 6.07) is -0.263. The monoisotopic (exact) mass is 280 g/mol. The number of hydrogen-bond acceptors (Lipinski definition) is 6. The zero-order valence-electron chi connectivity index (χ0n) is 10.7. The molecule has 0 aromatic carbocycles. The highest BCUT2D eigenvalue weighted by Gasteiger charge is 2.37. The summed E-state index contributed by atoms with van der Waals surface area (Å²) in [6.07, 6.45) is 1.20. The average molecular weight is 280 g/mol. The van der Waals surface area contributed by atoms with Gasteiger partial charge in [-0.2, -0.15) is 4.98 Å². The molecule has 0 saturated heterocycles. The first-order valence-electron chi connectivity index (χ1n) is 6.23. The van der Waals surface area contributed by atoms with Crippen LogP contribution in [0.5, 0.6) is 0 Å². The van der Waals surface area contributed by atoms with Gasteiger partial charge in [0.2, 0.25) is 5.95 Å². The van der Waals surface area contributed by atoms with Crippen molar-refractivity contribution in [3.8, 4) is 0 Å². The Bertz CT molecular complexity index is 734. The van der Waals surface area contributed by atoms with Crippen LogP contribution in [0.1, 0.15) is 12.5 Å². The fourth-order valence-electron chi connectivity index (χ4n) is 2.74. The summed E-state index contributed by atoms with van der Waals surface area (Å²) in [5.41, 5.74) is 6.37. The number of aromatic nitrogens is 4. The van der Waals surface area contributed by atoms with Gasteiger partial charge in [-0.3, -0.25) is 9.78 Å². The summed E-state index contributed by atoms with van der Waals surface area (Å²) < 4.78 is 1.67. The first-order chi connectivity index (χ1) is 9.52. The number of aliphatic hydroxyl groups is 2. The number of rotatable bonds is 2. The normalized spacial score (nSPS) is 26.5. The largest absolute Gasteiger partial charge is 0.396 e. The predicted molar refractivity (Wildman–Crippen MR) is 71.9 cm³/mol. The summed E-state index contributed by atoms with van der Waals surface area (Å²) in [6.45, 7) is 3.76. The Morgan fingerprint density at radius 1 is 1.60 bits per heavy atom. The molecule has 1 aliphatic carbocycles. The van der Waals surface area contributed by atoms with Gasteiger partial charge < -0.3 is 20.5 Å². The maximum absolute atomic E-state index is 11.7. The lowest BCUT2D eigenvalue weighted by Crippen LogP contribution is -2.17. The number of fused-ring (bicyclic) bond motifs is 1. The van der Waals surface area contributed by atoms with Crippen molar-refractivity contribution < 1.29 is 10.2 Å². The van der Waals surface area contributed by atoms with Gasteiger partial charge in [0.25, 0.3) is 5.56 Å². The molecule has 5 N–H and O–H groups in total. The van der Waals surface area contributed by atoms with Crippen molar-refractivity contribution in [3.63, 3.8) is 0 Å². The standard InChI is InChI=1S/C12H15N5O3/c1-5-6(3-18)8(19)2-7(5)17-4-14-9-10(17)15-12(13)16-11(9)20/h4,6-8,18-19H,1-3H2,(H3,13,15,16,20)/i10+1,11+1,14+1. The molecule has 0 radical (unpaired) electrons. The Hall–Kier alpha value is -2.19. The number of nitrogens with one attached hydrogen (secondary N) is 1. The minimum atomic E-state index is -0.672. The topological polar surface area (TPSA) is 130 Å². The molecule has 106 valence electrons. The van der Waals surface area contributed by atoms with Crippen molar-refractivity contribution in [1.82, 2.24) is 19.5 Å². The number of nitrogens with two attached hydrogens (primary N) is 1. The van der Waals surface area contributed by atoms with Crippen LogP contribution < -0.4 is 11.3 Å². The minimum absolute atomic E-state index is 0.00659. The molecule has 8 nitrogen and oxygen atoms in total. The minimum Gasteiger partial charge on any atom is -0.396 e. The summed E-state index contributed by atoms with van der Waals surface area (Å²) in [7, 11) is 0. The third-order valence-electron chi connectivity index (χ3n) is 3.82. The molecule has 1 saturated carbocycles. The van der Waals surface area contributed by atoms with Gasteiger partial charge in [-0.15, -0.1) is 0 Å². The van der Waals surface area contributed by atoms with Gasteiger partial charge >= 0.3 is 0 Å². The van der Waals surface area contributed by atoms with Crippen molar-refractivity contribution in [1.29, 1.82) is 0 Å². The number of H-pyrrole nitrogens is 1. The molecule has 2 aromatic rings. The van der Waals surface area contributed by atoms with E-state index >= 15 is 0 Å². The molecule has 3 unspecified atom stereocenters. The lowest BCUT2D eigenvalue weighted by atomic mass is 10.0. The van der Waals surface area contributed by atoms with Gasteiger partial charge in [-0.25, -0.2) is 4.98 Å². The molecule has 1 aliphatic rings. The van der Waals surface area contributed by atoms with E-state index in [0.717, 1.165) is 0 Å². The fourth-order valence-corrected chi connectivity index (χ4v) is 2.74. The van der Waals surface area contributed by atoms with Gasteiger partial charge in [-0.05, 0) is 12.0 Å². The van der Waals surface area contributed by atoms with Crippen LogP contribution in [0.4, 0.5) is 5.95 Å². The van der Waals surface area contributed by atoms with Crippen LogP contribution in [0.3, 0.4) is 0 Å². The Kier molecular flexibility index (Phi) is 2.84. The van der Waals surface area contributed by atoms with Crippen molar-refractivity contribution >= 4 is 17.1 Å². The number of imidazole rings is 1. The number of aliphatic hydroxyl groups excluding tert-OH is 2. The molecule has 0 amide bonds. The van der Waals surface area contributed by atoms with Crippen molar-refractivity contribution in [2.75, 3.05) is 12.3 Å². The van der Waals surface area contributed by atoms with Crippen LogP contribution in [0.15, 0.2) is 23.3 Å². The van der Waals surface area contributed by atoms with Gasteiger partial charge in [0.1, 0.15) is 0 Å². The molecule has 1 fully saturated rings. The molecular formula is C12H15N5O3. The summed E-state index contributed by atoms with van der Waals surface area (Å²) in [5.74, 6) is -0.371. The first kappa shape index (κ1) is 12.8. The van der Waals surface area contributed by atoms with E-state index in [9.17, 15) is 15.0 Å². The van der Waals surface area contributed by atoms with Crippen LogP contribution in [0.25, 0.3) is 11.2 Å². The van der Waals surface area contributed by atoms with Crippen molar-refractivity contribution in [2.24, 2.45) is 5.92 Å². The molecule has 3 rings (SSSR count). The van der Waals surface area contributed by atoms with Crippen LogP contribution in [0.2, 0.25) is 0 Å². The summed E-state index contributed by atoms with van der Waals surface area (Å²) in [5, 5.41) is 19.2. The maximum Gasteiger partial charge on any atom is 0.280 e. The second kappa shape index (κ2) is 4.43. The average Bonchev–Trinajstić information content (AvgIpc) is 2.91. The summed E-state index contributed by atoms with van der Waals surface area (Å²) >= 11 is 0. The van der Waals surface area contributed by atoms with E-state index in [4.69, 9.17) is 5.73 Å². The number of anilines is 1. The maximum atomic E-state index is 11.7. The van der Waals surface area contributed by atoms with E-state index in [2.05, 4.69) is 21.5 Å². The molecule has 8 heteroatoms. The number of aromatic amines is 1. The molecular weight excluding hydrogens is 265 g/mol. The van der Waals surface area contributed by atoms with Gasteiger partial charge in [0.15, 0.2) is 11.2 Å². The third kappa shape index (κ3) is 1.73. The fraction of sp³-hybridized carbons (Fsp3) is 0.417. The second-order valence-corrected chi connectivity index (χ2v) is 4.96. The van der Waals surface area contributed by atoms with Crippen LogP contribution in [-0.4, -0.2) is 42.4 Å². The van der Waals surface area contributed by atoms with Gasteiger partial charge in [0.05, 0.1) is 25.1 Å². The van der Waals surface area contributed by atoms with Gasteiger partial charge in [-0.1, -0.05) is 6.58 Å². The predicted octanol–water partition coefficient (Wildman–Crippen LogP) is -0.828. The quantitative estimate of drug-likeness (QED) is 0.531. The van der Waals surface area contributed by atoms with Crippen LogP contribution in [0, 0.1) is 5.92 Å². The Balaban J connectivity index is 2.12. The number of nitrogens with zero attached hydrogens (tertiary/aromatic N) is 3. The SMILES string of the molecule is C=C1C(CO)C(O)CC1n1c[15n]c2[13c](=O)[nH]c(N)n[13c]21. The van der Waals surface area contributed by atoms with Crippen LogP contribution in [-0.2, 0) is 0 Å². The Morgan fingerprint density at radius 3 is 3.00 bits per heavy atom. The van der Waals surface area contributed by atoms with E-state index in [1.807, 2.05) is 0 Å². The van der Waals surface area contributed by atoms with E-state index in [0.29, 0.717) is 17.6 Å². The molecule has 20 heavy (non-hydrogen) atoms. The molecule has 0 aliphatic heterocycles. The third-order valence-corrected chi connectivity index (χ3v) is 3.82. The zero-order valence-corrected chi connectivity index (χ0v) is 10.7. The van der Waals surface area contributed by atoms with E-state index in [1.165, 1.54) is 6.33 Å². The molecule has 0 spiro atoms. The smallest absolute Gasteiger partial charge is 0.280 e. The van der Waals surface area contributed by atoms with Gasteiger partial charge in [0, 0.05) is 5.92 Å². The van der Waals surface area contributed by atoms with E-state index in [1.54, 1.807) is 4.57 Å². The second-order valence-electron chi connectivity index (χ2n) is 4.96. The Morgan fingerprint density at radius 2 is 2.35 bits per heavy atom. The van der Waals surface area contributed by atoms with Crippen molar-refractivity contribution in [2.45, 2.75) is 18.6 Å². The lowest BCUT2D eigenvalue weighted by Gasteiger charge is -2.15. The summed E-state index contributed by atoms with van der Waals surface area (Å²) in [4.78, 5) is 22.2. The molecule has 2 aromatic heterocycles. The van der Waals surface area contributed by atoms with Crippen LogP contribution >= 0.6 is 0 Å². The number of nitrogen functional groups attached to an aromatic ring is 1. The van der Waals surface area contributed by atoms with E-state index < -0.39 is 11.7 Å². The number of hydrogen-bond donors (Lipinski definition) is 4. The first-order valence-corrected chi connectivity index (χ1v) is 6.23. The van der Waals surface area contributed by atoms with E-state index in [-0.39, 0.29) is 30.0 Å². The highest BCUT2D eigenvalue weighted by Crippen LogP contribution is 2.39.